The molecule has 0 bridgehead atoms. The Bertz CT molecular complexity index is 401. The Hall–Kier alpha value is -1.15. The summed E-state index contributed by atoms with van der Waals surface area (Å²) in [6.45, 7) is 6.39. The van der Waals surface area contributed by atoms with Gasteiger partial charge in [0.1, 0.15) is 0 Å². The zero-order valence-corrected chi connectivity index (χ0v) is 12.1. The third-order valence-electron chi connectivity index (χ3n) is 4.23. The van der Waals surface area contributed by atoms with E-state index in [-0.39, 0.29) is 11.7 Å². The lowest BCUT2D eigenvalue weighted by Crippen LogP contribution is -2.42. The van der Waals surface area contributed by atoms with Crippen molar-refractivity contribution >= 4 is 5.78 Å². The van der Waals surface area contributed by atoms with Crippen LogP contribution in [0.25, 0.3) is 0 Å². The molecule has 2 nitrogen and oxygen atoms in total. The Morgan fingerprint density at radius 3 is 2.74 bits per heavy atom. The van der Waals surface area contributed by atoms with E-state index in [1.54, 1.807) is 0 Å². The highest BCUT2D eigenvalue weighted by Gasteiger charge is 2.25. The van der Waals surface area contributed by atoms with Crippen LogP contribution < -0.4 is 0 Å². The molecule has 0 aliphatic carbocycles. The van der Waals surface area contributed by atoms with Gasteiger partial charge in [0.15, 0.2) is 5.78 Å². The van der Waals surface area contributed by atoms with E-state index in [0.717, 1.165) is 18.7 Å². The molecule has 104 valence electrons. The molecule has 1 heterocycles. The summed E-state index contributed by atoms with van der Waals surface area (Å²) < 4.78 is 0. The van der Waals surface area contributed by atoms with Gasteiger partial charge in [-0.15, -0.1) is 0 Å². The van der Waals surface area contributed by atoms with Gasteiger partial charge in [-0.3, -0.25) is 9.69 Å². The standard InChI is InChI=1S/C17H25NO/c1-3-16-11-7-8-12-18(16)13-14(2)17(19)15-9-5-4-6-10-15/h4-6,9-10,14,16H,3,7-8,11-13H2,1-2H3. The number of nitrogens with zero attached hydrogens (tertiary/aromatic N) is 1. The summed E-state index contributed by atoms with van der Waals surface area (Å²) in [5, 5.41) is 0. The summed E-state index contributed by atoms with van der Waals surface area (Å²) >= 11 is 0. The van der Waals surface area contributed by atoms with Crippen LogP contribution in [0.5, 0.6) is 0 Å². The number of Topliss-reactive ketones (excluding diaryl/α,β-unsaturated/α-hetero) is 1. The van der Waals surface area contributed by atoms with E-state index in [9.17, 15) is 4.79 Å². The van der Waals surface area contributed by atoms with Crippen LogP contribution in [0.4, 0.5) is 0 Å². The molecule has 1 aliphatic rings. The molecule has 2 atom stereocenters. The number of hydrogen-bond acceptors (Lipinski definition) is 2. The molecule has 1 aromatic rings. The molecule has 19 heavy (non-hydrogen) atoms. The first-order valence-corrected chi connectivity index (χ1v) is 7.55. The number of likely N-dealkylation sites (tertiary alicyclic amines) is 1. The summed E-state index contributed by atoms with van der Waals surface area (Å²) in [4.78, 5) is 14.9. The summed E-state index contributed by atoms with van der Waals surface area (Å²) in [6.07, 6.45) is 5.12. The van der Waals surface area contributed by atoms with E-state index < -0.39 is 0 Å². The molecule has 2 unspecified atom stereocenters. The van der Waals surface area contributed by atoms with Crippen molar-refractivity contribution in [3.63, 3.8) is 0 Å². The van der Waals surface area contributed by atoms with Gasteiger partial charge in [-0.2, -0.15) is 0 Å². The first kappa shape index (κ1) is 14.3. The molecule has 1 aromatic carbocycles. The van der Waals surface area contributed by atoms with Crippen molar-refractivity contribution in [3.05, 3.63) is 35.9 Å². The topological polar surface area (TPSA) is 20.3 Å². The molecule has 0 radical (unpaired) electrons. The van der Waals surface area contributed by atoms with Crippen molar-refractivity contribution in [1.82, 2.24) is 4.90 Å². The highest BCUT2D eigenvalue weighted by molar-refractivity contribution is 5.97. The highest BCUT2D eigenvalue weighted by atomic mass is 16.1. The number of rotatable bonds is 5. The van der Waals surface area contributed by atoms with Gasteiger partial charge >= 0.3 is 0 Å². The average molecular weight is 259 g/mol. The molecule has 0 spiro atoms. The van der Waals surface area contributed by atoms with Crippen LogP contribution in [0, 0.1) is 5.92 Å². The predicted molar refractivity (Wildman–Crippen MR) is 79.4 cm³/mol. The predicted octanol–water partition coefficient (Wildman–Crippen LogP) is 3.77. The van der Waals surface area contributed by atoms with Crippen LogP contribution in [0.2, 0.25) is 0 Å². The smallest absolute Gasteiger partial charge is 0.166 e. The minimum atomic E-state index is 0.0922. The molecule has 1 fully saturated rings. The van der Waals surface area contributed by atoms with Crippen molar-refractivity contribution in [2.75, 3.05) is 13.1 Å². The fourth-order valence-electron chi connectivity index (χ4n) is 3.08. The summed E-state index contributed by atoms with van der Waals surface area (Å²) in [5.41, 5.74) is 0.847. The third kappa shape index (κ3) is 3.66. The SMILES string of the molecule is CCC1CCCCN1CC(C)C(=O)c1ccccc1. The van der Waals surface area contributed by atoms with Crippen LogP contribution in [-0.2, 0) is 0 Å². The Kier molecular flexibility index (Phi) is 5.15. The van der Waals surface area contributed by atoms with E-state index in [2.05, 4.69) is 18.7 Å². The van der Waals surface area contributed by atoms with Crippen molar-refractivity contribution in [1.29, 1.82) is 0 Å². The van der Waals surface area contributed by atoms with Crippen LogP contribution in [0.15, 0.2) is 30.3 Å². The molecule has 1 aliphatic heterocycles. The number of benzene rings is 1. The van der Waals surface area contributed by atoms with E-state index in [4.69, 9.17) is 0 Å². The Morgan fingerprint density at radius 1 is 1.32 bits per heavy atom. The van der Waals surface area contributed by atoms with Crippen LogP contribution in [0.3, 0.4) is 0 Å². The Morgan fingerprint density at radius 2 is 2.05 bits per heavy atom. The number of ketones is 1. The molecule has 1 saturated heterocycles. The Balaban J connectivity index is 1.96. The molecule has 0 aromatic heterocycles. The monoisotopic (exact) mass is 259 g/mol. The maximum atomic E-state index is 12.4. The van der Waals surface area contributed by atoms with E-state index in [1.807, 2.05) is 30.3 Å². The minimum absolute atomic E-state index is 0.0922. The summed E-state index contributed by atoms with van der Waals surface area (Å²) in [7, 11) is 0. The highest BCUT2D eigenvalue weighted by Crippen LogP contribution is 2.21. The summed E-state index contributed by atoms with van der Waals surface area (Å²) in [6, 6.07) is 10.4. The van der Waals surface area contributed by atoms with Crippen LogP contribution >= 0.6 is 0 Å². The second-order valence-electron chi connectivity index (χ2n) is 5.68. The Labute approximate surface area is 116 Å². The zero-order chi connectivity index (χ0) is 13.7. The first-order valence-electron chi connectivity index (χ1n) is 7.55. The fourth-order valence-corrected chi connectivity index (χ4v) is 3.08. The molecule has 0 amide bonds. The number of carbonyl (C=O) groups is 1. The fraction of sp³-hybridized carbons (Fsp3) is 0.588. The van der Waals surface area contributed by atoms with Gasteiger partial charge in [0.25, 0.3) is 0 Å². The van der Waals surface area contributed by atoms with Gasteiger partial charge in [0, 0.05) is 24.1 Å². The van der Waals surface area contributed by atoms with Crippen molar-refractivity contribution < 1.29 is 4.79 Å². The quantitative estimate of drug-likeness (QED) is 0.750. The summed E-state index contributed by atoms with van der Waals surface area (Å²) in [5.74, 6) is 0.371. The molecule has 0 saturated carbocycles. The molecular weight excluding hydrogens is 234 g/mol. The van der Waals surface area contributed by atoms with Crippen LogP contribution in [-0.4, -0.2) is 29.8 Å². The number of piperidine rings is 1. The number of hydrogen-bond donors (Lipinski definition) is 0. The van der Waals surface area contributed by atoms with E-state index in [1.165, 1.54) is 25.7 Å². The number of carbonyl (C=O) groups excluding carboxylic acids is 1. The van der Waals surface area contributed by atoms with Crippen molar-refractivity contribution in [2.24, 2.45) is 5.92 Å². The first-order chi connectivity index (χ1) is 9.22. The molecule has 2 heteroatoms. The zero-order valence-electron chi connectivity index (χ0n) is 12.1. The maximum Gasteiger partial charge on any atom is 0.166 e. The van der Waals surface area contributed by atoms with Crippen molar-refractivity contribution in [2.45, 2.75) is 45.6 Å². The van der Waals surface area contributed by atoms with Gasteiger partial charge in [-0.25, -0.2) is 0 Å². The van der Waals surface area contributed by atoms with Crippen LogP contribution in [0.1, 0.15) is 49.9 Å². The minimum Gasteiger partial charge on any atom is -0.300 e. The van der Waals surface area contributed by atoms with Gasteiger partial charge in [-0.05, 0) is 25.8 Å². The third-order valence-corrected chi connectivity index (χ3v) is 4.23. The van der Waals surface area contributed by atoms with E-state index in [0.29, 0.717) is 6.04 Å². The maximum absolute atomic E-state index is 12.4. The van der Waals surface area contributed by atoms with Crippen molar-refractivity contribution in [3.8, 4) is 0 Å². The lowest BCUT2D eigenvalue weighted by Gasteiger charge is -2.36. The average Bonchev–Trinajstić information content (AvgIpc) is 2.48. The largest absolute Gasteiger partial charge is 0.300 e. The molecule has 0 N–H and O–H groups in total. The molecule has 2 rings (SSSR count). The second kappa shape index (κ2) is 6.85. The van der Waals surface area contributed by atoms with Gasteiger partial charge in [0.05, 0.1) is 0 Å². The lowest BCUT2D eigenvalue weighted by molar-refractivity contribution is 0.0820. The van der Waals surface area contributed by atoms with E-state index >= 15 is 0 Å². The van der Waals surface area contributed by atoms with Gasteiger partial charge in [0.2, 0.25) is 0 Å². The van der Waals surface area contributed by atoms with Gasteiger partial charge in [-0.1, -0.05) is 50.6 Å². The molecular formula is C17H25NO. The van der Waals surface area contributed by atoms with Gasteiger partial charge < -0.3 is 0 Å². The normalized spacial score (nSPS) is 22.1. The lowest BCUT2D eigenvalue weighted by atomic mass is 9.95. The second-order valence-corrected chi connectivity index (χ2v) is 5.68.